The summed E-state index contributed by atoms with van der Waals surface area (Å²) in [6, 6.07) is 9.28. The lowest BCUT2D eigenvalue weighted by atomic mass is 10.2. The summed E-state index contributed by atoms with van der Waals surface area (Å²) in [5, 5.41) is 2.91. The first kappa shape index (κ1) is 17.2. The van der Waals surface area contributed by atoms with Crippen molar-refractivity contribution in [1.82, 2.24) is 15.3 Å². The summed E-state index contributed by atoms with van der Waals surface area (Å²) in [6.07, 6.45) is 6.46. The fourth-order valence-corrected chi connectivity index (χ4v) is 2.91. The van der Waals surface area contributed by atoms with Gasteiger partial charge in [-0.25, -0.2) is 9.97 Å². The SMILES string of the molecule is COc1ccc(CNC(=O)c2ccnc(N3CCCCCC3)n2)cc1. The molecule has 2 heterocycles. The number of benzene rings is 1. The minimum atomic E-state index is -0.186. The number of methoxy groups -OCH3 is 1. The van der Waals surface area contributed by atoms with Crippen LogP contribution < -0.4 is 15.0 Å². The molecule has 0 saturated carbocycles. The number of amides is 1. The summed E-state index contributed by atoms with van der Waals surface area (Å²) < 4.78 is 5.13. The van der Waals surface area contributed by atoms with Crippen molar-refractivity contribution in [1.29, 1.82) is 0 Å². The number of hydrogen-bond acceptors (Lipinski definition) is 5. The molecule has 0 unspecified atom stereocenters. The molecule has 0 aliphatic carbocycles. The van der Waals surface area contributed by atoms with E-state index in [0.717, 1.165) is 37.2 Å². The van der Waals surface area contributed by atoms with Gasteiger partial charge < -0.3 is 15.0 Å². The molecule has 2 aromatic rings. The summed E-state index contributed by atoms with van der Waals surface area (Å²) in [5.41, 5.74) is 1.42. The van der Waals surface area contributed by atoms with Crippen LogP contribution in [-0.4, -0.2) is 36.1 Å². The van der Waals surface area contributed by atoms with Crippen molar-refractivity contribution < 1.29 is 9.53 Å². The van der Waals surface area contributed by atoms with E-state index in [1.54, 1.807) is 19.4 Å². The van der Waals surface area contributed by atoms with Crippen LogP contribution in [0.1, 0.15) is 41.7 Å². The van der Waals surface area contributed by atoms with E-state index in [1.807, 2.05) is 24.3 Å². The van der Waals surface area contributed by atoms with Crippen LogP contribution in [0.5, 0.6) is 5.75 Å². The molecule has 0 bridgehead atoms. The summed E-state index contributed by atoms with van der Waals surface area (Å²) >= 11 is 0. The van der Waals surface area contributed by atoms with Crippen molar-refractivity contribution in [3.63, 3.8) is 0 Å². The Labute approximate surface area is 148 Å². The maximum atomic E-state index is 12.4. The first-order valence-corrected chi connectivity index (χ1v) is 8.75. The van der Waals surface area contributed by atoms with E-state index in [0.29, 0.717) is 18.2 Å². The van der Waals surface area contributed by atoms with Gasteiger partial charge in [-0.1, -0.05) is 25.0 Å². The molecule has 6 heteroatoms. The highest BCUT2D eigenvalue weighted by molar-refractivity contribution is 5.92. The van der Waals surface area contributed by atoms with Crippen LogP contribution in [0, 0.1) is 0 Å². The third-order valence-corrected chi connectivity index (χ3v) is 4.38. The second-order valence-corrected chi connectivity index (χ2v) is 6.17. The third-order valence-electron chi connectivity index (χ3n) is 4.38. The number of anilines is 1. The van der Waals surface area contributed by atoms with E-state index in [4.69, 9.17) is 4.74 Å². The van der Waals surface area contributed by atoms with E-state index in [9.17, 15) is 4.79 Å². The average molecular weight is 340 g/mol. The molecule has 132 valence electrons. The fourth-order valence-electron chi connectivity index (χ4n) is 2.91. The molecule has 25 heavy (non-hydrogen) atoms. The highest BCUT2D eigenvalue weighted by Crippen LogP contribution is 2.15. The number of aromatic nitrogens is 2. The Kier molecular flexibility index (Phi) is 5.82. The molecule has 0 radical (unpaired) electrons. The van der Waals surface area contributed by atoms with Crippen molar-refractivity contribution in [3.05, 3.63) is 47.8 Å². The van der Waals surface area contributed by atoms with Gasteiger partial charge in [0.05, 0.1) is 7.11 Å². The fraction of sp³-hybridized carbons (Fsp3) is 0.421. The molecule has 1 saturated heterocycles. The Bertz CT molecular complexity index is 695. The smallest absolute Gasteiger partial charge is 0.270 e. The Morgan fingerprint density at radius 2 is 1.84 bits per heavy atom. The lowest BCUT2D eigenvalue weighted by Gasteiger charge is -2.20. The molecule has 1 aliphatic heterocycles. The summed E-state index contributed by atoms with van der Waals surface area (Å²) in [4.78, 5) is 23.4. The Morgan fingerprint density at radius 1 is 1.12 bits per heavy atom. The van der Waals surface area contributed by atoms with Crippen LogP contribution >= 0.6 is 0 Å². The first-order chi connectivity index (χ1) is 12.3. The van der Waals surface area contributed by atoms with Crippen molar-refractivity contribution >= 4 is 11.9 Å². The zero-order chi connectivity index (χ0) is 17.5. The van der Waals surface area contributed by atoms with Crippen LogP contribution in [0.15, 0.2) is 36.5 Å². The largest absolute Gasteiger partial charge is 0.497 e. The maximum absolute atomic E-state index is 12.4. The number of ether oxygens (including phenoxy) is 1. The topological polar surface area (TPSA) is 67.3 Å². The molecule has 0 spiro atoms. The van der Waals surface area contributed by atoms with Gasteiger partial charge in [-0.2, -0.15) is 0 Å². The van der Waals surface area contributed by atoms with Crippen LogP contribution in [-0.2, 0) is 6.54 Å². The highest BCUT2D eigenvalue weighted by Gasteiger charge is 2.15. The number of hydrogen-bond donors (Lipinski definition) is 1. The number of rotatable bonds is 5. The van der Waals surface area contributed by atoms with Gasteiger partial charge in [-0.15, -0.1) is 0 Å². The lowest BCUT2D eigenvalue weighted by Crippen LogP contribution is -2.28. The molecule has 6 nitrogen and oxygen atoms in total. The number of carbonyl (C=O) groups excluding carboxylic acids is 1. The van der Waals surface area contributed by atoms with Gasteiger partial charge >= 0.3 is 0 Å². The minimum Gasteiger partial charge on any atom is -0.497 e. The lowest BCUT2D eigenvalue weighted by molar-refractivity contribution is 0.0946. The summed E-state index contributed by atoms with van der Waals surface area (Å²) in [6.45, 7) is 2.36. The van der Waals surface area contributed by atoms with Gasteiger partial charge in [-0.3, -0.25) is 4.79 Å². The van der Waals surface area contributed by atoms with E-state index in [-0.39, 0.29) is 5.91 Å². The van der Waals surface area contributed by atoms with Crippen LogP contribution in [0.25, 0.3) is 0 Å². The van der Waals surface area contributed by atoms with Crippen LogP contribution in [0.3, 0.4) is 0 Å². The highest BCUT2D eigenvalue weighted by atomic mass is 16.5. The van der Waals surface area contributed by atoms with Gasteiger partial charge in [0.15, 0.2) is 0 Å². The molecule has 0 atom stereocenters. The molecule has 1 N–H and O–H groups in total. The van der Waals surface area contributed by atoms with Gasteiger partial charge in [0.2, 0.25) is 5.95 Å². The first-order valence-electron chi connectivity index (χ1n) is 8.75. The number of nitrogens with zero attached hydrogens (tertiary/aromatic N) is 3. The molecule has 1 aliphatic rings. The quantitative estimate of drug-likeness (QED) is 0.906. The molecular formula is C19H24N4O2. The van der Waals surface area contributed by atoms with Crippen LogP contribution in [0.4, 0.5) is 5.95 Å². The van der Waals surface area contributed by atoms with Gasteiger partial charge in [0.25, 0.3) is 5.91 Å². The molecule has 1 amide bonds. The summed E-state index contributed by atoms with van der Waals surface area (Å²) in [7, 11) is 1.63. The van der Waals surface area contributed by atoms with E-state index < -0.39 is 0 Å². The van der Waals surface area contributed by atoms with Gasteiger partial charge in [-0.05, 0) is 36.6 Å². The minimum absolute atomic E-state index is 0.186. The third kappa shape index (κ3) is 4.68. The average Bonchev–Trinajstić information content (AvgIpc) is 2.96. The Morgan fingerprint density at radius 3 is 2.52 bits per heavy atom. The van der Waals surface area contributed by atoms with Gasteiger partial charge in [0.1, 0.15) is 11.4 Å². The zero-order valence-corrected chi connectivity index (χ0v) is 14.6. The Hall–Kier alpha value is -2.63. The molecule has 3 rings (SSSR count). The number of nitrogens with one attached hydrogen (secondary N) is 1. The van der Waals surface area contributed by atoms with Crippen molar-refractivity contribution in [2.75, 3.05) is 25.1 Å². The summed E-state index contributed by atoms with van der Waals surface area (Å²) in [5.74, 6) is 1.27. The maximum Gasteiger partial charge on any atom is 0.270 e. The second-order valence-electron chi connectivity index (χ2n) is 6.17. The predicted octanol–water partition coefficient (Wildman–Crippen LogP) is 2.80. The van der Waals surface area contributed by atoms with Crippen molar-refractivity contribution in [2.24, 2.45) is 0 Å². The molecular weight excluding hydrogens is 316 g/mol. The number of carbonyl (C=O) groups is 1. The van der Waals surface area contributed by atoms with Crippen LogP contribution in [0.2, 0.25) is 0 Å². The molecule has 1 fully saturated rings. The van der Waals surface area contributed by atoms with Crippen molar-refractivity contribution in [3.8, 4) is 5.75 Å². The van der Waals surface area contributed by atoms with Crippen molar-refractivity contribution in [2.45, 2.75) is 32.2 Å². The molecule has 1 aromatic carbocycles. The predicted molar refractivity (Wildman–Crippen MR) is 96.9 cm³/mol. The van der Waals surface area contributed by atoms with E-state index in [2.05, 4.69) is 20.2 Å². The zero-order valence-electron chi connectivity index (χ0n) is 14.6. The van der Waals surface area contributed by atoms with Gasteiger partial charge in [0, 0.05) is 25.8 Å². The van der Waals surface area contributed by atoms with E-state index in [1.165, 1.54) is 12.8 Å². The standard InChI is InChI=1S/C19H24N4O2/c1-25-16-8-6-15(7-9-16)14-21-18(24)17-10-11-20-19(22-17)23-12-4-2-3-5-13-23/h6-11H,2-5,12-14H2,1H3,(H,21,24). The second kappa shape index (κ2) is 8.46. The molecule has 1 aromatic heterocycles. The normalized spacial score (nSPS) is 14.7. The van der Waals surface area contributed by atoms with E-state index >= 15 is 0 Å². The monoisotopic (exact) mass is 340 g/mol. The Balaban J connectivity index is 1.62.